The highest BCUT2D eigenvalue weighted by Crippen LogP contribution is 2.55. The number of ketones is 1. The average Bonchev–Trinajstić information content (AvgIpc) is 2.86. The van der Waals surface area contributed by atoms with Crippen LogP contribution >= 0.6 is 0 Å². The van der Waals surface area contributed by atoms with E-state index in [1.165, 1.54) is 0 Å². The summed E-state index contributed by atoms with van der Waals surface area (Å²) < 4.78 is 6.49. The summed E-state index contributed by atoms with van der Waals surface area (Å²) in [6.07, 6.45) is 9.05. The smallest absolute Gasteiger partial charge is 0.181 e. The third kappa shape index (κ3) is 2.41. The molecule has 0 saturated carbocycles. The molecule has 0 fully saturated rings. The molecule has 0 aromatic carbocycles. The zero-order valence-corrected chi connectivity index (χ0v) is 15.6. The summed E-state index contributed by atoms with van der Waals surface area (Å²) in [5.41, 5.74) is 0.433. The van der Waals surface area contributed by atoms with Crippen molar-refractivity contribution in [2.24, 2.45) is 11.3 Å². The van der Waals surface area contributed by atoms with E-state index in [0.717, 1.165) is 23.3 Å². The quantitative estimate of drug-likeness (QED) is 0.723. The van der Waals surface area contributed by atoms with Crippen molar-refractivity contribution in [3.8, 4) is 0 Å². The second-order valence-corrected chi connectivity index (χ2v) is 8.54. The van der Waals surface area contributed by atoms with Gasteiger partial charge >= 0.3 is 0 Å². The largest absolute Gasteiger partial charge is 0.483 e. The van der Waals surface area contributed by atoms with E-state index in [4.69, 9.17) is 4.74 Å². The molecule has 3 aliphatic rings. The Balaban J connectivity index is 2.22. The number of hydrogen-bond donors (Lipinski definition) is 1. The minimum atomic E-state index is -1.07. The van der Waals surface area contributed by atoms with Gasteiger partial charge < -0.3 is 9.84 Å². The van der Waals surface area contributed by atoms with Gasteiger partial charge in [-0.1, -0.05) is 32.9 Å². The van der Waals surface area contributed by atoms with Crippen LogP contribution in [0.3, 0.4) is 0 Å². The lowest BCUT2D eigenvalue weighted by Gasteiger charge is -2.39. The molecule has 24 heavy (non-hydrogen) atoms. The van der Waals surface area contributed by atoms with E-state index in [9.17, 15) is 9.90 Å². The minimum Gasteiger partial charge on any atom is -0.483 e. The first-order valence-electron chi connectivity index (χ1n) is 8.74. The molecular weight excluding hydrogens is 300 g/mol. The van der Waals surface area contributed by atoms with Crippen LogP contribution in [0.15, 0.2) is 46.8 Å². The number of carbonyl (C=O) groups excluding carboxylic acids is 1. The molecule has 0 saturated heterocycles. The summed E-state index contributed by atoms with van der Waals surface area (Å²) >= 11 is 0. The zero-order chi connectivity index (χ0) is 17.9. The van der Waals surface area contributed by atoms with Crippen LogP contribution in [0.5, 0.6) is 0 Å². The topological polar surface area (TPSA) is 46.5 Å². The molecule has 130 valence electrons. The Bertz CT molecular complexity index is 715. The molecule has 0 radical (unpaired) electrons. The molecule has 1 N–H and O–H groups in total. The van der Waals surface area contributed by atoms with Gasteiger partial charge in [-0.05, 0) is 61.0 Å². The van der Waals surface area contributed by atoms with E-state index in [2.05, 4.69) is 26.8 Å². The molecule has 3 heteroatoms. The second kappa shape index (κ2) is 5.19. The van der Waals surface area contributed by atoms with Crippen molar-refractivity contribution in [1.29, 1.82) is 0 Å². The number of allylic oxidation sites excluding steroid dienone is 5. The fraction of sp³-hybridized carbons (Fsp3) is 0.571. The van der Waals surface area contributed by atoms with Gasteiger partial charge in [0.1, 0.15) is 11.4 Å². The van der Waals surface area contributed by atoms with E-state index >= 15 is 0 Å². The molecule has 0 unspecified atom stereocenters. The monoisotopic (exact) mass is 328 g/mol. The van der Waals surface area contributed by atoms with Crippen LogP contribution < -0.4 is 0 Å². The predicted octanol–water partition coefficient (Wildman–Crippen LogP) is 4.25. The summed E-state index contributed by atoms with van der Waals surface area (Å²) in [6, 6.07) is 0. The van der Waals surface area contributed by atoms with Crippen LogP contribution in [-0.4, -0.2) is 22.1 Å². The number of ether oxygens (including phenoxy) is 1. The number of aliphatic hydroxyl groups is 1. The highest BCUT2D eigenvalue weighted by atomic mass is 16.5. The number of carbonyl (C=O) groups is 1. The first-order valence-corrected chi connectivity index (χ1v) is 8.74. The Hall–Kier alpha value is -1.61. The third-order valence-corrected chi connectivity index (χ3v) is 5.83. The molecule has 2 bridgehead atoms. The lowest BCUT2D eigenvalue weighted by Crippen LogP contribution is -2.50. The Morgan fingerprint density at radius 2 is 1.92 bits per heavy atom. The van der Waals surface area contributed by atoms with Crippen LogP contribution in [-0.2, 0) is 9.53 Å². The highest BCUT2D eigenvalue weighted by molar-refractivity contribution is 6.03. The summed E-state index contributed by atoms with van der Waals surface area (Å²) in [6.45, 7) is 12.0. The molecule has 3 nitrogen and oxygen atoms in total. The Morgan fingerprint density at radius 3 is 2.58 bits per heavy atom. The zero-order valence-electron chi connectivity index (χ0n) is 15.6. The van der Waals surface area contributed by atoms with Crippen molar-refractivity contribution in [3.05, 3.63) is 46.8 Å². The number of hydrogen-bond acceptors (Lipinski definition) is 3. The Morgan fingerprint density at radius 1 is 1.25 bits per heavy atom. The van der Waals surface area contributed by atoms with Crippen LogP contribution in [0.1, 0.15) is 54.4 Å². The fourth-order valence-electron chi connectivity index (χ4n) is 4.16. The van der Waals surface area contributed by atoms with Gasteiger partial charge in [0, 0.05) is 12.8 Å². The van der Waals surface area contributed by atoms with E-state index in [1.54, 1.807) is 6.08 Å². The van der Waals surface area contributed by atoms with Gasteiger partial charge in [0.15, 0.2) is 11.4 Å². The normalized spacial score (nSPS) is 41.8. The molecule has 0 aromatic rings. The fourth-order valence-corrected chi connectivity index (χ4v) is 4.16. The highest BCUT2D eigenvalue weighted by Gasteiger charge is 2.60. The Kier molecular flexibility index (Phi) is 3.72. The van der Waals surface area contributed by atoms with E-state index < -0.39 is 11.2 Å². The van der Waals surface area contributed by atoms with Crippen LogP contribution in [0.2, 0.25) is 0 Å². The van der Waals surface area contributed by atoms with Crippen molar-refractivity contribution in [1.82, 2.24) is 0 Å². The van der Waals surface area contributed by atoms with Gasteiger partial charge in [0.25, 0.3) is 0 Å². The van der Waals surface area contributed by atoms with Crippen molar-refractivity contribution >= 4 is 5.78 Å². The maximum absolute atomic E-state index is 12.4. The summed E-state index contributed by atoms with van der Waals surface area (Å²) in [7, 11) is 0. The van der Waals surface area contributed by atoms with Crippen molar-refractivity contribution in [2.75, 3.05) is 0 Å². The molecule has 2 heterocycles. The number of fused-ring (bicyclic) bond motifs is 1. The lowest BCUT2D eigenvalue weighted by atomic mass is 9.74. The molecule has 1 aliphatic carbocycles. The maximum Gasteiger partial charge on any atom is 0.181 e. The van der Waals surface area contributed by atoms with Crippen LogP contribution in [0.25, 0.3) is 0 Å². The SMILES string of the molecule is CC1=C2CC(C)(C)/C=C/C(=O)/C(C)=C\C3=C[C@H](C)C[C@]3(O2)[C@]1(C)O. The lowest BCUT2D eigenvalue weighted by molar-refractivity contribution is -0.111. The predicted molar refractivity (Wildman–Crippen MR) is 95.3 cm³/mol. The molecule has 0 aromatic heterocycles. The average molecular weight is 328 g/mol. The number of rotatable bonds is 0. The van der Waals surface area contributed by atoms with Crippen molar-refractivity contribution in [3.63, 3.8) is 0 Å². The minimum absolute atomic E-state index is 0.0156. The summed E-state index contributed by atoms with van der Waals surface area (Å²) in [4.78, 5) is 12.4. The first kappa shape index (κ1) is 17.2. The van der Waals surface area contributed by atoms with Gasteiger partial charge in [-0.2, -0.15) is 0 Å². The van der Waals surface area contributed by atoms with Crippen molar-refractivity contribution in [2.45, 2.75) is 65.6 Å². The van der Waals surface area contributed by atoms with Gasteiger partial charge in [0.2, 0.25) is 0 Å². The van der Waals surface area contributed by atoms with Gasteiger partial charge in [-0.3, -0.25) is 4.79 Å². The standard InChI is InChI=1S/C21H28O3/c1-13-9-16-10-14(2)17(22)7-8-19(4,5)12-18-15(3)20(6,23)21(16,11-13)24-18/h7-10,13,23H,11-12H2,1-6H3/b8-7+,14-10-/t13-,20+,21+/m0/s1. The van der Waals surface area contributed by atoms with E-state index in [-0.39, 0.29) is 11.2 Å². The van der Waals surface area contributed by atoms with Gasteiger partial charge in [0.05, 0.1) is 0 Å². The van der Waals surface area contributed by atoms with Crippen molar-refractivity contribution < 1.29 is 14.6 Å². The van der Waals surface area contributed by atoms with Crippen LogP contribution in [0, 0.1) is 11.3 Å². The van der Waals surface area contributed by atoms with Crippen LogP contribution in [0.4, 0.5) is 0 Å². The molecule has 3 rings (SSSR count). The van der Waals surface area contributed by atoms with Gasteiger partial charge in [-0.25, -0.2) is 0 Å². The van der Waals surface area contributed by atoms with E-state index in [0.29, 0.717) is 17.9 Å². The Labute approximate surface area is 144 Å². The maximum atomic E-state index is 12.4. The van der Waals surface area contributed by atoms with Gasteiger partial charge in [-0.15, -0.1) is 0 Å². The molecule has 0 amide bonds. The summed E-state index contributed by atoms with van der Waals surface area (Å²) in [5, 5.41) is 11.4. The van der Waals surface area contributed by atoms with E-state index in [1.807, 2.05) is 32.9 Å². The third-order valence-electron chi connectivity index (χ3n) is 5.83. The first-order chi connectivity index (χ1) is 11.0. The molecule has 1 spiro atoms. The molecule has 2 aliphatic heterocycles. The molecular formula is C21H28O3. The second-order valence-electron chi connectivity index (χ2n) is 8.54. The molecule has 3 atom stereocenters. The summed E-state index contributed by atoms with van der Waals surface area (Å²) in [5.74, 6) is 1.17.